The molecule has 0 radical (unpaired) electrons. The molecule has 13 heavy (non-hydrogen) atoms. The lowest BCUT2D eigenvalue weighted by Gasteiger charge is -2.28. The molecule has 1 heterocycles. The lowest BCUT2D eigenvalue weighted by Crippen LogP contribution is -2.46. The van der Waals surface area contributed by atoms with Crippen molar-refractivity contribution in [3.8, 4) is 0 Å². The maximum Gasteiger partial charge on any atom is 0.0791 e. The van der Waals surface area contributed by atoms with Crippen LogP contribution in [-0.2, 0) is 0 Å². The lowest BCUT2D eigenvalue weighted by atomic mass is 10.1. The maximum absolute atomic E-state index is 9.58. The minimum atomic E-state index is -0.262. The Morgan fingerprint density at radius 3 is 3.00 bits per heavy atom. The Bertz CT molecular complexity index is 180. The van der Waals surface area contributed by atoms with Gasteiger partial charge in [0.1, 0.15) is 0 Å². The van der Waals surface area contributed by atoms with Gasteiger partial charge >= 0.3 is 0 Å². The summed E-state index contributed by atoms with van der Waals surface area (Å²) < 4.78 is 0. The average Bonchev–Trinajstić information content (AvgIpc) is 2.11. The minimum absolute atomic E-state index is 0.0838. The van der Waals surface area contributed by atoms with Crippen molar-refractivity contribution in [3.63, 3.8) is 0 Å². The van der Waals surface area contributed by atoms with Gasteiger partial charge in [0.15, 0.2) is 0 Å². The first-order valence-corrected chi connectivity index (χ1v) is 4.80. The van der Waals surface area contributed by atoms with E-state index >= 15 is 0 Å². The second-order valence-electron chi connectivity index (χ2n) is 4.40. The molecule has 0 aromatic heterocycles. The standard InChI is InChI=1S/C10H20N2O/c1-4-5-12-7-9(13)6-11-10(2,3)8-12/h4,9,11,13H,1,5-8H2,2-3H3. The molecule has 3 nitrogen and oxygen atoms in total. The quantitative estimate of drug-likeness (QED) is 0.603. The highest BCUT2D eigenvalue weighted by Crippen LogP contribution is 2.10. The van der Waals surface area contributed by atoms with Crippen molar-refractivity contribution in [2.45, 2.75) is 25.5 Å². The number of nitrogens with one attached hydrogen (secondary N) is 1. The summed E-state index contributed by atoms with van der Waals surface area (Å²) in [4.78, 5) is 2.22. The minimum Gasteiger partial charge on any atom is -0.390 e. The number of hydrogen-bond donors (Lipinski definition) is 2. The average molecular weight is 184 g/mol. The zero-order valence-electron chi connectivity index (χ0n) is 8.58. The van der Waals surface area contributed by atoms with Crippen LogP contribution in [0.5, 0.6) is 0 Å². The van der Waals surface area contributed by atoms with Gasteiger partial charge in [0.2, 0.25) is 0 Å². The topological polar surface area (TPSA) is 35.5 Å². The van der Waals surface area contributed by atoms with E-state index in [0.717, 1.165) is 19.6 Å². The summed E-state index contributed by atoms with van der Waals surface area (Å²) in [7, 11) is 0. The van der Waals surface area contributed by atoms with E-state index in [1.807, 2.05) is 6.08 Å². The summed E-state index contributed by atoms with van der Waals surface area (Å²) in [6, 6.07) is 0. The van der Waals surface area contributed by atoms with E-state index in [4.69, 9.17) is 0 Å². The third-order valence-corrected chi connectivity index (χ3v) is 2.29. The highest BCUT2D eigenvalue weighted by molar-refractivity contribution is 4.89. The van der Waals surface area contributed by atoms with Gasteiger partial charge in [0.25, 0.3) is 0 Å². The van der Waals surface area contributed by atoms with Gasteiger partial charge < -0.3 is 10.4 Å². The molecule has 1 aliphatic rings. The third kappa shape index (κ3) is 3.46. The number of β-amino-alcohol motifs (C(OH)–C–C–N with tert-alkyl or cyclic N) is 1. The zero-order chi connectivity index (χ0) is 9.90. The first-order chi connectivity index (χ1) is 6.03. The van der Waals surface area contributed by atoms with Gasteiger partial charge in [-0.1, -0.05) is 6.08 Å². The molecule has 0 spiro atoms. The van der Waals surface area contributed by atoms with E-state index in [9.17, 15) is 5.11 Å². The van der Waals surface area contributed by atoms with Crippen molar-refractivity contribution >= 4 is 0 Å². The molecule has 1 rings (SSSR count). The van der Waals surface area contributed by atoms with Crippen LogP contribution in [0.25, 0.3) is 0 Å². The van der Waals surface area contributed by atoms with Crippen molar-refractivity contribution in [1.29, 1.82) is 0 Å². The van der Waals surface area contributed by atoms with Crippen LogP contribution < -0.4 is 5.32 Å². The first kappa shape index (κ1) is 10.7. The molecule has 1 fully saturated rings. The molecule has 0 bridgehead atoms. The van der Waals surface area contributed by atoms with Crippen LogP contribution in [-0.4, -0.2) is 47.8 Å². The second-order valence-corrected chi connectivity index (χ2v) is 4.40. The fraction of sp³-hybridized carbons (Fsp3) is 0.800. The normalized spacial score (nSPS) is 29.6. The molecule has 0 amide bonds. The Morgan fingerprint density at radius 1 is 1.69 bits per heavy atom. The third-order valence-electron chi connectivity index (χ3n) is 2.29. The number of aliphatic hydroxyl groups is 1. The number of rotatable bonds is 2. The zero-order valence-corrected chi connectivity index (χ0v) is 8.58. The van der Waals surface area contributed by atoms with Crippen LogP contribution in [0.2, 0.25) is 0 Å². The van der Waals surface area contributed by atoms with Crippen molar-refractivity contribution in [3.05, 3.63) is 12.7 Å². The van der Waals surface area contributed by atoms with E-state index < -0.39 is 0 Å². The van der Waals surface area contributed by atoms with E-state index in [2.05, 4.69) is 30.6 Å². The number of nitrogens with zero attached hydrogens (tertiary/aromatic N) is 1. The van der Waals surface area contributed by atoms with E-state index in [1.54, 1.807) is 0 Å². The Morgan fingerprint density at radius 2 is 2.38 bits per heavy atom. The van der Waals surface area contributed by atoms with Gasteiger partial charge in [-0.3, -0.25) is 4.90 Å². The lowest BCUT2D eigenvalue weighted by molar-refractivity contribution is 0.135. The van der Waals surface area contributed by atoms with Gasteiger partial charge in [0.05, 0.1) is 6.10 Å². The van der Waals surface area contributed by atoms with Crippen molar-refractivity contribution in [2.24, 2.45) is 0 Å². The molecule has 76 valence electrons. The van der Waals surface area contributed by atoms with Crippen LogP contribution in [0, 0.1) is 0 Å². The highest BCUT2D eigenvalue weighted by Gasteiger charge is 2.26. The second kappa shape index (κ2) is 4.22. The molecule has 1 atom stereocenters. The fourth-order valence-corrected chi connectivity index (χ4v) is 1.76. The molecule has 0 aromatic carbocycles. The van der Waals surface area contributed by atoms with Crippen LogP contribution in [0.1, 0.15) is 13.8 Å². The van der Waals surface area contributed by atoms with Gasteiger partial charge in [-0.05, 0) is 13.8 Å². The summed E-state index contributed by atoms with van der Waals surface area (Å²) in [6.07, 6.45) is 1.62. The molecule has 0 aromatic rings. The maximum atomic E-state index is 9.58. The van der Waals surface area contributed by atoms with E-state index in [0.29, 0.717) is 6.54 Å². The molecular formula is C10H20N2O. The van der Waals surface area contributed by atoms with Crippen molar-refractivity contribution in [2.75, 3.05) is 26.2 Å². The van der Waals surface area contributed by atoms with Gasteiger partial charge in [0, 0.05) is 31.7 Å². The molecular weight excluding hydrogens is 164 g/mol. The van der Waals surface area contributed by atoms with Crippen LogP contribution in [0.3, 0.4) is 0 Å². The predicted molar refractivity (Wildman–Crippen MR) is 54.7 cm³/mol. The summed E-state index contributed by atoms with van der Waals surface area (Å²) in [6.45, 7) is 11.2. The molecule has 1 unspecified atom stereocenters. The highest BCUT2D eigenvalue weighted by atomic mass is 16.3. The van der Waals surface area contributed by atoms with Crippen LogP contribution in [0.15, 0.2) is 12.7 Å². The Balaban J connectivity index is 2.57. The fourth-order valence-electron chi connectivity index (χ4n) is 1.76. The van der Waals surface area contributed by atoms with Gasteiger partial charge in [-0.2, -0.15) is 0 Å². The van der Waals surface area contributed by atoms with E-state index in [1.165, 1.54) is 0 Å². The summed E-state index contributed by atoms with van der Waals surface area (Å²) in [5, 5.41) is 12.9. The van der Waals surface area contributed by atoms with Crippen molar-refractivity contribution < 1.29 is 5.11 Å². The Hall–Kier alpha value is -0.380. The summed E-state index contributed by atoms with van der Waals surface area (Å²) in [5.41, 5.74) is 0.0838. The number of hydrogen-bond acceptors (Lipinski definition) is 3. The Labute approximate surface area is 80.4 Å². The van der Waals surface area contributed by atoms with Crippen LogP contribution >= 0.6 is 0 Å². The van der Waals surface area contributed by atoms with Crippen LogP contribution in [0.4, 0.5) is 0 Å². The summed E-state index contributed by atoms with van der Waals surface area (Å²) in [5.74, 6) is 0. The Kier molecular flexibility index (Phi) is 3.47. The number of aliphatic hydroxyl groups excluding tert-OH is 1. The molecule has 0 aliphatic carbocycles. The molecule has 1 aliphatic heterocycles. The van der Waals surface area contributed by atoms with Gasteiger partial charge in [-0.25, -0.2) is 0 Å². The molecule has 2 N–H and O–H groups in total. The SMILES string of the molecule is C=CCN1CC(O)CNC(C)(C)C1. The predicted octanol–water partition coefficient (Wildman–Crippen LogP) is 0.217. The van der Waals surface area contributed by atoms with E-state index in [-0.39, 0.29) is 11.6 Å². The molecule has 3 heteroatoms. The molecule has 1 saturated heterocycles. The first-order valence-electron chi connectivity index (χ1n) is 4.80. The van der Waals surface area contributed by atoms with Crippen molar-refractivity contribution in [1.82, 2.24) is 10.2 Å². The monoisotopic (exact) mass is 184 g/mol. The van der Waals surface area contributed by atoms with Gasteiger partial charge in [-0.15, -0.1) is 6.58 Å². The largest absolute Gasteiger partial charge is 0.390 e. The summed E-state index contributed by atoms with van der Waals surface area (Å²) >= 11 is 0. The smallest absolute Gasteiger partial charge is 0.0791 e. The molecule has 0 saturated carbocycles.